The molecule has 0 rings (SSSR count). The standard InChI is InChI=1S/C7H12Br/c1-6(2)4-5-7(3)8/h4,7H,3,5H2,1-2H3. The van der Waals surface area contributed by atoms with Crippen LogP contribution in [0.5, 0.6) is 0 Å². The lowest BCUT2D eigenvalue weighted by atomic mass is 10.2. The third kappa shape index (κ3) is 6.22. The summed E-state index contributed by atoms with van der Waals surface area (Å²) in [6.45, 7) is 7.97. The lowest BCUT2D eigenvalue weighted by molar-refractivity contribution is 1.07. The largest absolute Gasteiger partial charge is 0.0887 e. The minimum atomic E-state index is 0.373. The Labute approximate surface area is 60.1 Å². The van der Waals surface area contributed by atoms with Gasteiger partial charge in [-0.1, -0.05) is 27.6 Å². The Morgan fingerprint density at radius 1 is 1.75 bits per heavy atom. The topological polar surface area (TPSA) is 0 Å². The molecule has 0 aliphatic rings. The second-order valence-electron chi connectivity index (χ2n) is 2.11. The van der Waals surface area contributed by atoms with E-state index >= 15 is 0 Å². The molecule has 0 aromatic heterocycles. The average molecular weight is 176 g/mol. The summed E-state index contributed by atoms with van der Waals surface area (Å²) in [6, 6.07) is 0. The molecule has 0 aliphatic carbocycles. The Bertz CT molecular complexity index is 78.4. The molecule has 0 aromatic rings. The van der Waals surface area contributed by atoms with Gasteiger partial charge in [-0.15, -0.1) is 0 Å². The van der Waals surface area contributed by atoms with Crippen molar-refractivity contribution in [2.45, 2.75) is 25.1 Å². The van der Waals surface area contributed by atoms with Crippen molar-refractivity contribution in [2.24, 2.45) is 0 Å². The predicted molar refractivity (Wildman–Crippen MR) is 42.1 cm³/mol. The quantitative estimate of drug-likeness (QED) is 0.448. The zero-order chi connectivity index (χ0) is 6.57. The van der Waals surface area contributed by atoms with Gasteiger partial charge in [0.05, 0.1) is 0 Å². The minimum Gasteiger partial charge on any atom is -0.0887 e. The van der Waals surface area contributed by atoms with Crippen LogP contribution in [0, 0.1) is 6.92 Å². The van der Waals surface area contributed by atoms with Crippen LogP contribution in [-0.2, 0) is 0 Å². The van der Waals surface area contributed by atoms with E-state index in [1.807, 2.05) is 0 Å². The normalized spacial score (nSPS) is 13.0. The summed E-state index contributed by atoms with van der Waals surface area (Å²) in [7, 11) is 0. The summed E-state index contributed by atoms with van der Waals surface area (Å²) in [5.74, 6) is 0. The van der Waals surface area contributed by atoms with Crippen molar-refractivity contribution in [3.05, 3.63) is 18.6 Å². The Morgan fingerprint density at radius 2 is 2.25 bits per heavy atom. The van der Waals surface area contributed by atoms with Crippen LogP contribution in [0.15, 0.2) is 11.6 Å². The van der Waals surface area contributed by atoms with Crippen LogP contribution >= 0.6 is 15.9 Å². The smallest absolute Gasteiger partial charge is 0.0180 e. The summed E-state index contributed by atoms with van der Waals surface area (Å²) >= 11 is 3.35. The number of rotatable bonds is 2. The van der Waals surface area contributed by atoms with E-state index < -0.39 is 0 Å². The highest BCUT2D eigenvalue weighted by Gasteiger charge is 1.88. The maximum Gasteiger partial charge on any atom is 0.0180 e. The van der Waals surface area contributed by atoms with Crippen molar-refractivity contribution in [3.8, 4) is 0 Å². The SMILES string of the molecule is [CH2]C(Br)CC=C(C)C. The first kappa shape index (κ1) is 8.22. The van der Waals surface area contributed by atoms with E-state index in [1.165, 1.54) is 5.57 Å². The summed E-state index contributed by atoms with van der Waals surface area (Å²) in [4.78, 5) is 0.373. The summed E-state index contributed by atoms with van der Waals surface area (Å²) < 4.78 is 0. The molecule has 0 bridgehead atoms. The molecule has 0 amide bonds. The van der Waals surface area contributed by atoms with Gasteiger partial charge in [0.25, 0.3) is 0 Å². The highest BCUT2D eigenvalue weighted by Crippen LogP contribution is 2.04. The molecule has 47 valence electrons. The molecule has 1 heteroatoms. The lowest BCUT2D eigenvalue weighted by Gasteiger charge is -1.94. The fourth-order valence-electron chi connectivity index (χ4n) is 0.364. The van der Waals surface area contributed by atoms with E-state index in [4.69, 9.17) is 0 Å². The Kier molecular flexibility index (Phi) is 4.25. The van der Waals surface area contributed by atoms with Crippen LogP contribution in [0.25, 0.3) is 0 Å². The molecule has 0 fully saturated rings. The molecule has 0 saturated heterocycles. The number of hydrogen-bond acceptors (Lipinski definition) is 0. The molecule has 0 saturated carbocycles. The highest BCUT2D eigenvalue weighted by molar-refractivity contribution is 9.09. The maximum atomic E-state index is 3.78. The first-order valence-electron chi connectivity index (χ1n) is 2.73. The van der Waals surface area contributed by atoms with E-state index in [0.717, 1.165) is 6.42 Å². The zero-order valence-electron chi connectivity index (χ0n) is 5.45. The van der Waals surface area contributed by atoms with E-state index in [1.54, 1.807) is 0 Å². The molecule has 1 radical (unpaired) electrons. The van der Waals surface area contributed by atoms with Gasteiger partial charge in [-0.2, -0.15) is 0 Å². The molecular weight excluding hydrogens is 164 g/mol. The fraction of sp³-hybridized carbons (Fsp3) is 0.571. The van der Waals surface area contributed by atoms with Gasteiger partial charge in [0.2, 0.25) is 0 Å². The number of hydrogen-bond donors (Lipinski definition) is 0. The minimum absolute atomic E-state index is 0.373. The van der Waals surface area contributed by atoms with Gasteiger partial charge in [-0.05, 0) is 27.2 Å². The molecule has 8 heavy (non-hydrogen) atoms. The number of alkyl halides is 1. The Hall–Kier alpha value is 0.220. The third-order valence-corrected chi connectivity index (χ3v) is 1.16. The predicted octanol–water partition coefficient (Wildman–Crippen LogP) is 2.94. The Morgan fingerprint density at radius 3 is 2.38 bits per heavy atom. The third-order valence-electron chi connectivity index (χ3n) is 0.782. The van der Waals surface area contributed by atoms with Crippen LogP contribution in [0.4, 0.5) is 0 Å². The highest BCUT2D eigenvalue weighted by atomic mass is 79.9. The van der Waals surface area contributed by atoms with E-state index in [2.05, 4.69) is 42.8 Å². The first-order valence-corrected chi connectivity index (χ1v) is 3.65. The molecular formula is C7H12Br. The van der Waals surface area contributed by atoms with Crippen molar-refractivity contribution in [2.75, 3.05) is 0 Å². The van der Waals surface area contributed by atoms with Crippen molar-refractivity contribution in [1.82, 2.24) is 0 Å². The zero-order valence-corrected chi connectivity index (χ0v) is 7.03. The number of allylic oxidation sites excluding steroid dienone is 2. The maximum absolute atomic E-state index is 3.78. The molecule has 0 heterocycles. The molecule has 0 N–H and O–H groups in total. The van der Waals surface area contributed by atoms with Gasteiger partial charge in [0.1, 0.15) is 0 Å². The van der Waals surface area contributed by atoms with Crippen molar-refractivity contribution in [1.29, 1.82) is 0 Å². The first-order chi connectivity index (χ1) is 3.63. The summed E-state index contributed by atoms with van der Waals surface area (Å²) in [6.07, 6.45) is 3.20. The van der Waals surface area contributed by atoms with Crippen LogP contribution in [0.1, 0.15) is 20.3 Å². The average Bonchev–Trinajstić information content (AvgIpc) is 1.61. The molecule has 0 spiro atoms. The Balaban J connectivity index is 3.29. The summed E-state index contributed by atoms with van der Waals surface area (Å²) in [5.41, 5.74) is 1.36. The second-order valence-corrected chi connectivity index (χ2v) is 3.41. The van der Waals surface area contributed by atoms with Crippen molar-refractivity contribution in [3.63, 3.8) is 0 Å². The lowest BCUT2D eigenvalue weighted by Crippen LogP contribution is -1.85. The van der Waals surface area contributed by atoms with Gasteiger partial charge < -0.3 is 0 Å². The molecule has 0 aromatic carbocycles. The van der Waals surface area contributed by atoms with E-state index in [9.17, 15) is 0 Å². The number of halogens is 1. The molecule has 1 atom stereocenters. The van der Waals surface area contributed by atoms with Crippen molar-refractivity contribution >= 4 is 15.9 Å². The molecule has 0 nitrogen and oxygen atoms in total. The molecule has 0 aliphatic heterocycles. The van der Waals surface area contributed by atoms with Gasteiger partial charge in [0.15, 0.2) is 0 Å². The van der Waals surface area contributed by atoms with Gasteiger partial charge >= 0.3 is 0 Å². The molecule has 1 unspecified atom stereocenters. The van der Waals surface area contributed by atoms with Crippen LogP contribution in [0.3, 0.4) is 0 Å². The van der Waals surface area contributed by atoms with Crippen LogP contribution in [0.2, 0.25) is 0 Å². The fourth-order valence-corrected chi connectivity index (χ4v) is 0.550. The second kappa shape index (κ2) is 4.13. The van der Waals surface area contributed by atoms with E-state index in [-0.39, 0.29) is 0 Å². The van der Waals surface area contributed by atoms with Gasteiger partial charge in [-0.25, -0.2) is 0 Å². The van der Waals surface area contributed by atoms with Gasteiger partial charge in [0, 0.05) is 4.83 Å². The summed E-state index contributed by atoms with van der Waals surface area (Å²) in [5, 5.41) is 0. The van der Waals surface area contributed by atoms with Crippen LogP contribution in [-0.4, -0.2) is 4.83 Å². The van der Waals surface area contributed by atoms with Crippen molar-refractivity contribution < 1.29 is 0 Å². The van der Waals surface area contributed by atoms with E-state index in [0.29, 0.717) is 4.83 Å². The monoisotopic (exact) mass is 175 g/mol. The van der Waals surface area contributed by atoms with Gasteiger partial charge in [-0.3, -0.25) is 0 Å². The van der Waals surface area contributed by atoms with Crippen LogP contribution < -0.4 is 0 Å².